The summed E-state index contributed by atoms with van der Waals surface area (Å²) in [6, 6.07) is 7.76. The topological polar surface area (TPSA) is 79.2 Å². The van der Waals surface area contributed by atoms with Crippen LogP contribution < -0.4 is 10.6 Å². The molecule has 2 aromatic rings. The molecule has 1 aliphatic rings. The second kappa shape index (κ2) is 6.25. The van der Waals surface area contributed by atoms with Crippen LogP contribution in [-0.4, -0.2) is 46.5 Å². The van der Waals surface area contributed by atoms with Crippen molar-refractivity contribution < 1.29 is 14.3 Å². The van der Waals surface area contributed by atoms with Crippen LogP contribution in [0.15, 0.2) is 36.5 Å². The number of hydrogen-bond donors (Lipinski definition) is 3. The second-order valence-electron chi connectivity index (χ2n) is 5.29. The average molecular weight is 304 g/mol. The molecular formula is C15H17FN4O2. The van der Waals surface area contributed by atoms with Crippen molar-refractivity contribution in [3.8, 4) is 5.69 Å². The van der Waals surface area contributed by atoms with Gasteiger partial charge < -0.3 is 15.7 Å². The van der Waals surface area contributed by atoms with Crippen molar-refractivity contribution in [1.82, 2.24) is 20.4 Å². The van der Waals surface area contributed by atoms with Crippen LogP contribution in [0.3, 0.4) is 0 Å². The van der Waals surface area contributed by atoms with Gasteiger partial charge in [-0.3, -0.25) is 4.79 Å². The van der Waals surface area contributed by atoms with Crippen molar-refractivity contribution in [3.05, 3.63) is 48.0 Å². The smallest absolute Gasteiger partial charge is 0.271 e. The summed E-state index contributed by atoms with van der Waals surface area (Å²) in [6.45, 7) is 1.59. The molecule has 2 unspecified atom stereocenters. The number of hydrogen-bond acceptors (Lipinski definition) is 4. The Morgan fingerprint density at radius 2 is 2.23 bits per heavy atom. The van der Waals surface area contributed by atoms with Crippen LogP contribution in [0, 0.1) is 11.7 Å². The third-order valence-corrected chi connectivity index (χ3v) is 3.75. The van der Waals surface area contributed by atoms with Gasteiger partial charge in [0.15, 0.2) is 5.69 Å². The van der Waals surface area contributed by atoms with Crippen molar-refractivity contribution >= 4 is 5.91 Å². The summed E-state index contributed by atoms with van der Waals surface area (Å²) >= 11 is 0. The molecule has 0 radical (unpaired) electrons. The van der Waals surface area contributed by atoms with Gasteiger partial charge in [-0.15, -0.1) is 0 Å². The van der Waals surface area contributed by atoms with Gasteiger partial charge in [0.25, 0.3) is 5.91 Å². The standard InChI is InChI=1S/C15H17FN4O2/c16-11-3-1-2-4-13(11)20-6-5-12(19-20)15(22)18-8-10-7-17-9-14(10)21/h1-6,10,14,17,21H,7-9H2,(H,18,22). The number of para-hydroxylation sites is 1. The van der Waals surface area contributed by atoms with E-state index >= 15 is 0 Å². The molecule has 22 heavy (non-hydrogen) atoms. The fourth-order valence-electron chi connectivity index (χ4n) is 2.46. The number of carbonyl (C=O) groups is 1. The number of benzene rings is 1. The van der Waals surface area contributed by atoms with Crippen LogP contribution in [0.2, 0.25) is 0 Å². The first-order chi connectivity index (χ1) is 10.6. The highest BCUT2D eigenvalue weighted by Crippen LogP contribution is 2.12. The number of nitrogens with one attached hydrogen (secondary N) is 2. The Labute approximate surface area is 127 Å². The lowest BCUT2D eigenvalue weighted by Crippen LogP contribution is -2.34. The number of halogens is 1. The summed E-state index contributed by atoms with van der Waals surface area (Å²) in [5.41, 5.74) is 0.501. The van der Waals surface area contributed by atoms with Gasteiger partial charge in [-0.05, 0) is 18.2 Å². The van der Waals surface area contributed by atoms with E-state index in [9.17, 15) is 14.3 Å². The fraction of sp³-hybridized carbons (Fsp3) is 0.333. The zero-order valence-corrected chi connectivity index (χ0v) is 11.9. The Hall–Kier alpha value is -2.25. The van der Waals surface area contributed by atoms with E-state index in [2.05, 4.69) is 15.7 Å². The first-order valence-corrected chi connectivity index (χ1v) is 7.12. The molecule has 3 rings (SSSR count). The van der Waals surface area contributed by atoms with Crippen LogP contribution in [0.25, 0.3) is 5.69 Å². The molecule has 2 heterocycles. The third-order valence-electron chi connectivity index (χ3n) is 3.75. The lowest BCUT2D eigenvalue weighted by Gasteiger charge is -2.13. The van der Waals surface area contributed by atoms with E-state index in [1.165, 1.54) is 16.8 Å². The minimum Gasteiger partial charge on any atom is -0.391 e. The fourth-order valence-corrected chi connectivity index (χ4v) is 2.46. The largest absolute Gasteiger partial charge is 0.391 e. The summed E-state index contributed by atoms with van der Waals surface area (Å²) in [5, 5.41) is 19.6. The van der Waals surface area contributed by atoms with E-state index < -0.39 is 11.9 Å². The van der Waals surface area contributed by atoms with Crippen molar-refractivity contribution in [2.45, 2.75) is 6.10 Å². The van der Waals surface area contributed by atoms with Gasteiger partial charge in [0, 0.05) is 31.7 Å². The normalized spacial score (nSPS) is 21.0. The zero-order valence-electron chi connectivity index (χ0n) is 11.9. The minimum absolute atomic E-state index is 0.00222. The van der Waals surface area contributed by atoms with E-state index in [0.717, 1.165) is 0 Å². The lowest BCUT2D eigenvalue weighted by atomic mass is 10.1. The summed E-state index contributed by atoms with van der Waals surface area (Å²) in [4.78, 5) is 12.1. The molecule has 2 atom stereocenters. The van der Waals surface area contributed by atoms with Gasteiger partial charge in [-0.25, -0.2) is 9.07 Å². The maximum atomic E-state index is 13.7. The van der Waals surface area contributed by atoms with Crippen LogP contribution >= 0.6 is 0 Å². The maximum Gasteiger partial charge on any atom is 0.271 e. The predicted molar refractivity (Wildman–Crippen MR) is 78.2 cm³/mol. The number of aliphatic hydroxyl groups is 1. The summed E-state index contributed by atoms with van der Waals surface area (Å²) in [7, 11) is 0. The van der Waals surface area contributed by atoms with Crippen molar-refractivity contribution in [2.24, 2.45) is 5.92 Å². The molecule has 6 nitrogen and oxygen atoms in total. The van der Waals surface area contributed by atoms with Crippen LogP contribution in [-0.2, 0) is 0 Å². The molecule has 1 aromatic heterocycles. The second-order valence-corrected chi connectivity index (χ2v) is 5.29. The van der Waals surface area contributed by atoms with Gasteiger partial charge >= 0.3 is 0 Å². The van der Waals surface area contributed by atoms with Crippen molar-refractivity contribution in [2.75, 3.05) is 19.6 Å². The van der Waals surface area contributed by atoms with Crippen molar-refractivity contribution in [1.29, 1.82) is 0 Å². The lowest BCUT2D eigenvalue weighted by molar-refractivity contribution is 0.0921. The predicted octanol–water partition coefficient (Wildman–Crippen LogP) is 0.322. The molecule has 1 amide bonds. The Morgan fingerprint density at radius 3 is 2.95 bits per heavy atom. The SMILES string of the molecule is O=C(NCC1CNCC1O)c1ccn(-c2ccccc2F)n1. The Kier molecular flexibility index (Phi) is 4.17. The number of rotatable bonds is 4. The first kappa shape index (κ1) is 14.7. The number of aromatic nitrogens is 2. The number of aliphatic hydroxyl groups excluding tert-OH is 1. The van der Waals surface area contributed by atoms with Gasteiger partial charge in [0.05, 0.1) is 6.10 Å². The van der Waals surface area contributed by atoms with Gasteiger partial charge in [0.1, 0.15) is 11.5 Å². The summed E-state index contributed by atoms with van der Waals surface area (Å²) in [5.74, 6) is -0.746. The zero-order chi connectivity index (χ0) is 15.5. The highest BCUT2D eigenvalue weighted by molar-refractivity contribution is 5.92. The van der Waals surface area contributed by atoms with E-state index in [4.69, 9.17) is 0 Å². The highest BCUT2D eigenvalue weighted by Gasteiger charge is 2.25. The van der Waals surface area contributed by atoms with E-state index in [-0.39, 0.29) is 23.2 Å². The van der Waals surface area contributed by atoms with Gasteiger partial charge in [0.2, 0.25) is 0 Å². The van der Waals surface area contributed by atoms with Crippen LogP contribution in [0.1, 0.15) is 10.5 Å². The van der Waals surface area contributed by atoms with E-state index in [1.54, 1.807) is 24.4 Å². The average Bonchev–Trinajstić information content (AvgIpc) is 3.14. The molecule has 0 aliphatic carbocycles. The number of carbonyl (C=O) groups excluding carboxylic acids is 1. The Morgan fingerprint density at radius 1 is 1.41 bits per heavy atom. The molecule has 1 saturated heterocycles. The minimum atomic E-state index is -0.448. The first-order valence-electron chi connectivity index (χ1n) is 7.12. The maximum absolute atomic E-state index is 13.7. The Balaban J connectivity index is 1.66. The molecule has 116 valence electrons. The summed E-state index contributed by atoms with van der Waals surface area (Å²) in [6.07, 6.45) is 1.09. The summed E-state index contributed by atoms with van der Waals surface area (Å²) < 4.78 is 15.0. The third kappa shape index (κ3) is 3.00. The quantitative estimate of drug-likeness (QED) is 0.760. The van der Waals surface area contributed by atoms with Gasteiger partial charge in [-0.1, -0.05) is 12.1 Å². The van der Waals surface area contributed by atoms with Crippen LogP contribution in [0.4, 0.5) is 4.39 Å². The van der Waals surface area contributed by atoms with Crippen LogP contribution in [0.5, 0.6) is 0 Å². The molecule has 1 aliphatic heterocycles. The molecular weight excluding hydrogens is 287 g/mol. The molecule has 1 fully saturated rings. The molecule has 7 heteroatoms. The highest BCUT2D eigenvalue weighted by atomic mass is 19.1. The molecule has 0 saturated carbocycles. The Bertz CT molecular complexity index is 673. The monoisotopic (exact) mass is 304 g/mol. The number of β-amino-alcohol motifs (C(OH)–C–C–N with tert-alkyl or cyclic N) is 1. The van der Waals surface area contributed by atoms with E-state index in [0.29, 0.717) is 19.6 Å². The molecule has 3 N–H and O–H groups in total. The number of amides is 1. The van der Waals surface area contributed by atoms with E-state index in [1.807, 2.05) is 0 Å². The van der Waals surface area contributed by atoms with Crippen molar-refractivity contribution in [3.63, 3.8) is 0 Å². The number of nitrogens with zero attached hydrogens (tertiary/aromatic N) is 2. The molecule has 0 bridgehead atoms. The van der Waals surface area contributed by atoms with Gasteiger partial charge in [-0.2, -0.15) is 5.10 Å². The molecule has 1 aromatic carbocycles. The molecule has 0 spiro atoms.